The molecule has 2 aliphatic rings. The van der Waals surface area contributed by atoms with Gasteiger partial charge in [0, 0.05) is 25.5 Å². The molecule has 0 spiro atoms. The van der Waals surface area contributed by atoms with Crippen molar-refractivity contribution in [3.8, 4) is 11.3 Å². The van der Waals surface area contributed by atoms with Crippen LogP contribution in [-0.4, -0.2) is 37.4 Å². The monoisotopic (exact) mass is 381 g/mol. The Bertz CT molecular complexity index is 1340. The van der Waals surface area contributed by atoms with Gasteiger partial charge < -0.3 is 18.9 Å². The van der Waals surface area contributed by atoms with Gasteiger partial charge in [-0.3, -0.25) is 14.4 Å². The summed E-state index contributed by atoms with van der Waals surface area (Å²) in [5.41, 5.74) is -0.144. The number of carbonyl (C=O) groups is 1. The van der Waals surface area contributed by atoms with E-state index in [0.29, 0.717) is 11.0 Å². The Hall–Kier alpha value is -3.95. The standard InChI is InChI=1S/C18H15N5O5/c1-28-18(27)11-9-22(8-10-14(11)20-21-15(10)24)6-7-23-13-5-3-2-4-12(13)19-16(25)17(23)26/h2-5,8-9H,6-7H2,1H3,(H,19,25)(H,21,24). The number of aromatic amines is 2. The summed E-state index contributed by atoms with van der Waals surface area (Å²) >= 11 is 0. The Morgan fingerprint density at radius 2 is 1.89 bits per heavy atom. The average molecular weight is 381 g/mol. The van der Waals surface area contributed by atoms with E-state index in [2.05, 4.69) is 15.2 Å². The first-order chi connectivity index (χ1) is 13.5. The summed E-state index contributed by atoms with van der Waals surface area (Å²) in [6.45, 7) is 0.393. The van der Waals surface area contributed by atoms with Crippen LogP contribution in [0.5, 0.6) is 0 Å². The van der Waals surface area contributed by atoms with Crippen molar-refractivity contribution in [1.82, 2.24) is 24.3 Å². The number of aryl methyl sites for hydroxylation is 2. The van der Waals surface area contributed by atoms with Gasteiger partial charge in [0.05, 0.1) is 23.7 Å². The number of ether oxygens (including phenoxy) is 1. The third-order valence-corrected chi connectivity index (χ3v) is 4.48. The fourth-order valence-electron chi connectivity index (χ4n) is 3.14. The Balaban J connectivity index is 1.78. The van der Waals surface area contributed by atoms with E-state index in [1.807, 2.05) is 0 Å². The lowest BCUT2D eigenvalue weighted by Crippen LogP contribution is -2.37. The molecular weight excluding hydrogens is 366 g/mol. The number of hydrogen-bond donors (Lipinski definition) is 2. The first-order valence-electron chi connectivity index (χ1n) is 8.38. The summed E-state index contributed by atoms with van der Waals surface area (Å²) < 4.78 is 7.70. The molecule has 1 aromatic heterocycles. The fourth-order valence-corrected chi connectivity index (χ4v) is 3.14. The van der Waals surface area contributed by atoms with E-state index < -0.39 is 22.6 Å². The van der Waals surface area contributed by atoms with Crippen LogP contribution in [0.15, 0.2) is 51.0 Å². The first-order valence-corrected chi connectivity index (χ1v) is 8.38. The second kappa shape index (κ2) is 6.65. The SMILES string of the molecule is COC(=O)c1cn(CCn2c(=O)c(=O)[nH]c3ccccc32)cc2c(=O)[nH]nc1-2. The zero-order valence-corrected chi connectivity index (χ0v) is 14.8. The molecule has 28 heavy (non-hydrogen) atoms. The molecule has 0 unspecified atom stereocenters. The van der Waals surface area contributed by atoms with Crippen LogP contribution in [0.1, 0.15) is 10.4 Å². The van der Waals surface area contributed by atoms with Crippen LogP contribution in [0.3, 0.4) is 0 Å². The molecule has 0 radical (unpaired) electrons. The predicted octanol–water partition coefficient (Wildman–Crippen LogP) is 0.166. The van der Waals surface area contributed by atoms with Crippen LogP contribution in [0.2, 0.25) is 0 Å². The second-order valence-corrected chi connectivity index (χ2v) is 6.14. The Labute approximate surface area is 156 Å². The summed E-state index contributed by atoms with van der Waals surface area (Å²) in [5.74, 6) is -0.635. The normalized spacial score (nSPS) is 11.2. The quantitative estimate of drug-likeness (QED) is 0.382. The van der Waals surface area contributed by atoms with Crippen LogP contribution < -0.4 is 16.7 Å². The maximum Gasteiger partial charge on any atom is 0.341 e. The molecule has 2 aliphatic heterocycles. The van der Waals surface area contributed by atoms with Crippen molar-refractivity contribution in [2.45, 2.75) is 13.1 Å². The number of carbonyl (C=O) groups excluding carboxylic acids is 1. The highest BCUT2D eigenvalue weighted by Crippen LogP contribution is 2.20. The van der Waals surface area contributed by atoms with Gasteiger partial charge in [0.2, 0.25) is 0 Å². The minimum Gasteiger partial charge on any atom is -0.465 e. The van der Waals surface area contributed by atoms with Gasteiger partial charge in [-0.15, -0.1) is 0 Å². The highest BCUT2D eigenvalue weighted by atomic mass is 16.5. The van der Waals surface area contributed by atoms with Crippen LogP contribution in [-0.2, 0) is 17.8 Å². The Morgan fingerprint density at radius 1 is 1.11 bits per heavy atom. The summed E-state index contributed by atoms with van der Waals surface area (Å²) in [5, 5.41) is 6.17. The molecular formula is C18H15N5O5. The van der Waals surface area contributed by atoms with Gasteiger partial charge in [-0.25, -0.2) is 9.89 Å². The maximum absolute atomic E-state index is 12.3. The number of nitrogens with one attached hydrogen (secondary N) is 2. The number of benzene rings is 1. The van der Waals surface area contributed by atoms with Crippen molar-refractivity contribution >= 4 is 17.0 Å². The Morgan fingerprint density at radius 3 is 2.68 bits per heavy atom. The first kappa shape index (κ1) is 17.5. The largest absolute Gasteiger partial charge is 0.465 e. The highest BCUT2D eigenvalue weighted by Gasteiger charge is 2.21. The number of rotatable bonds is 4. The summed E-state index contributed by atoms with van der Waals surface area (Å²) in [6, 6.07) is 6.95. The third kappa shape index (κ3) is 2.80. The van der Waals surface area contributed by atoms with E-state index in [9.17, 15) is 19.2 Å². The molecule has 0 saturated heterocycles. The number of hydrogen-bond acceptors (Lipinski definition) is 6. The molecule has 4 rings (SSSR count). The molecule has 1 aromatic carbocycles. The van der Waals surface area contributed by atoms with Gasteiger partial charge in [0.15, 0.2) is 0 Å². The lowest BCUT2D eigenvalue weighted by Gasteiger charge is -2.14. The number of esters is 1. The van der Waals surface area contributed by atoms with Crippen molar-refractivity contribution in [3.05, 3.63) is 73.3 Å². The fraction of sp³-hybridized carbons (Fsp3) is 0.167. The van der Waals surface area contributed by atoms with E-state index in [4.69, 9.17) is 4.74 Å². The number of aromatic nitrogens is 5. The third-order valence-electron chi connectivity index (χ3n) is 4.48. The summed E-state index contributed by atoms with van der Waals surface area (Å²) in [7, 11) is 1.23. The van der Waals surface area contributed by atoms with Crippen LogP contribution >= 0.6 is 0 Å². The molecule has 0 aliphatic carbocycles. The zero-order chi connectivity index (χ0) is 19.8. The lowest BCUT2D eigenvalue weighted by atomic mass is 10.1. The van der Waals surface area contributed by atoms with Crippen molar-refractivity contribution in [2.24, 2.45) is 0 Å². The number of fused-ring (bicyclic) bond motifs is 2. The van der Waals surface area contributed by atoms with Gasteiger partial charge >= 0.3 is 17.1 Å². The van der Waals surface area contributed by atoms with E-state index >= 15 is 0 Å². The van der Waals surface area contributed by atoms with Crippen LogP contribution in [0, 0.1) is 0 Å². The van der Waals surface area contributed by atoms with Crippen LogP contribution in [0.25, 0.3) is 22.3 Å². The molecule has 10 nitrogen and oxygen atoms in total. The molecule has 0 fully saturated rings. The summed E-state index contributed by atoms with van der Waals surface area (Å²) in [4.78, 5) is 50.8. The molecule has 0 atom stereocenters. The zero-order valence-electron chi connectivity index (χ0n) is 14.8. The van der Waals surface area contributed by atoms with E-state index in [-0.39, 0.29) is 29.9 Å². The van der Waals surface area contributed by atoms with Gasteiger partial charge in [0.1, 0.15) is 11.3 Å². The predicted molar refractivity (Wildman–Crippen MR) is 99.6 cm³/mol. The Kier molecular flexibility index (Phi) is 4.15. The number of nitrogens with zero attached hydrogens (tertiary/aromatic N) is 3. The maximum atomic E-state index is 12.3. The van der Waals surface area contributed by atoms with Gasteiger partial charge in [0.25, 0.3) is 5.56 Å². The number of H-pyrrole nitrogens is 2. The molecule has 0 bridgehead atoms. The van der Waals surface area contributed by atoms with Gasteiger partial charge in [-0.05, 0) is 12.1 Å². The minimum absolute atomic E-state index is 0.126. The molecule has 142 valence electrons. The van der Waals surface area contributed by atoms with Crippen molar-refractivity contribution in [2.75, 3.05) is 7.11 Å². The molecule has 2 aromatic rings. The van der Waals surface area contributed by atoms with Crippen molar-refractivity contribution in [1.29, 1.82) is 0 Å². The number of methoxy groups -OCH3 is 1. The van der Waals surface area contributed by atoms with E-state index in [1.54, 1.807) is 28.8 Å². The van der Waals surface area contributed by atoms with Crippen molar-refractivity contribution < 1.29 is 9.53 Å². The lowest BCUT2D eigenvalue weighted by molar-refractivity contribution is 0.0600. The van der Waals surface area contributed by atoms with Crippen LogP contribution in [0.4, 0.5) is 0 Å². The average Bonchev–Trinajstić information content (AvgIpc) is 3.08. The van der Waals surface area contributed by atoms with E-state index in [1.165, 1.54) is 24.1 Å². The van der Waals surface area contributed by atoms with Crippen molar-refractivity contribution in [3.63, 3.8) is 0 Å². The smallest absolute Gasteiger partial charge is 0.341 e. The topological polar surface area (TPSA) is 132 Å². The number of pyridine rings is 1. The minimum atomic E-state index is -0.717. The van der Waals surface area contributed by atoms with Gasteiger partial charge in [-0.1, -0.05) is 12.1 Å². The molecule has 0 amide bonds. The summed E-state index contributed by atoms with van der Waals surface area (Å²) in [6.07, 6.45) is 3.03. The molecule has 10 heteroatoms. The highest BCUT2D eigenvalue weighted by molar-refractivity contribution is 5.95. The number of para-hydroxylation sites is 2. The van der Waals surface area contributed by atoms with Gasteiger partial charge in [-0.2, -0.15) is 5.10 Å². The molecule has 3 heterocycles. The second-order valence-electron chi connectivity index (χ2n) is 6.14. The molecule has 2 N–H and O–H groups in total. The molecule has 0 saturated carbocycles. The van der Waals surface area contributed by atoms with E-state index in [0.717, 1.165) is 0 Å².